The first-order valence-electron chi connectivity index (χ1n) is 5.91. The third-order valence-electron chi connectivity index (χ3n) is 2.21. The Labute approximate surface area is 122 Å². The molecule has 110 valence electrons. The van der Waals surface area contributed by atoms with Crippen LogP contribution in [0.5, 0.6) is 5.88 Å². The highest BCUT2D eigenvalue weighted by atomic mass is 35.5. The molecule has 1 aromatic heterocycles. The van der Waals surface area contributed by atoms with Crippen molar-refractivity contribution in [2.24, 2.45) is 0 Å². The zero-order chi connectivity index (χ0) is 15.3. The van der Waals surface area contributed by atoms with E-state index in [1.54, 1.807) is 20.8 Å². The van der Waals surface area contributed by atoms with E-state index in [4.69, 9.17) is 21.1 Å². The lowest BCUT2D eigenvalue weighted by molar-refractivity contribution is -0.109. The van der Waals surface area contributed by atoms with Crippen molar-refractivity contribution in [1.82, 2.24) is 10.3 Å². The van der Waals surface area contributed by atoms with Gasteiger partial charge in [0, 0.05) is 6.20 Å². The molecule has 20 heavy (non-hydrogen) atoms. The molecule has 0 aromatic carbocycles. The van der Waals surface area contributed by atoms with Crippen LogP contribution in [0.3, 0.4) is 0 Å². The number of pyridine rings is 1. The van der Waals surface area contributed by atoms with Crippen molar-refractivity contribution in [3.63, 3.8) is 0 Å². The lowest BCUT2D eigenvalue weighted by atomic mass is 10.1. The van der Waals surface area contributed by atoms with Gasteiger partial charge in [-0.05, 0) is 26.8 Å². The second-order valence-corrected chi connectivity index (χ2v) is 5.38. The predicted molar refractivity (Wildman–Crippen MR) is 74.0 cm³/mol. The van der Waals surface area contributed by atoms with E-state index in [-0.39, 0.29) is 16.5 Å². The molecule has 0 saturated heterocycles. The molecule has 0 bridgehead atoms. The molecule has 0 aliphatic heterocycles. The highest BCUT2D eigenvalue weighted by Crippen LogP contribution is 2.29. The van der Waals surface area contributed by atoms with Gasteiger partial charge in [0.2, 0.25) is 5.88 Å². The fourth-order valence-electron chi connectivity index (χ4n) is 1.48. The van der Waals surface area contributed by atoms with Crippen LogP contribution in [0, 0.1) is 0 Å². The van der Waals surface area contributed by atoms with Gasteiger partial charge in [0.15, 0.2) is 0 Å². The average molecular weight is 301 g/mol. The number of aromatic nitrogens is 1. The van der Waals surface area contributed by atoms with Crippen LogP contribution in [0.2, 0.25) is 5.02 Å². The lowest BCUT2D eigenvalue weighted by Crippen LogP contribution is -2.35. The molecule has 6 nitrogen and oxygen atoms in total. The summed E-state index contributed by atoms with van der Waals surface area (Å²) < 4.78 is 10.1. The molecule has 1 amide bonds. The predicted octanol–water partition coefficient (Wildman–Crippen LogP) is 2.51. The number of methoxy groups -OCH3 is 1. The van der Waals surface area contributed by atoms with Gasteiger partial charge >= 0.3 is 6.09 Å². The molecule has 7 heteroatoms. The van der Waals surface area contributed by atoms with Crippen LogP contribution < -0.4 is 10.1 Å². The second kappa shape index (κ2) is 6.56. The Bertz CT molecular complexity index is 500. The van der Waals surface area contributed by atoms with Crippen molar-refractivity contribution in [3.8, 4) is 5.88 Å². The molecule has 1 unspecified atom stereocenters. The Morgan fingerprint density at radius 2 is 2.15 bits per heavy atom. The van der Waals surface area contributed by atoms with Gasteiger partial charge in [-0.2, -0.15) is 0 Å². The van der Waals surface area contributed by atoms with Crippen LogP contribution in [0.4, 0.5) is 4.79 Å². The van der Waals surface area contributed by atoms with Crippen LogP contribution in [-0.4, -0.2) is 30.1 Å². The monoisotopic (exact) mass is 300 g/mol. The largest absolute Gasteiger partial charge is 0.481 e. The molecule has 0 fully saturated rings. The van der Waals surface area contributed by atoms with E-state index < -0.39 is 17.7 Å². The Kier molecular flexibility index (Phi) is 5.33. The minimum atomic E-state index is -0.999. The molecule has 0 spiro atoms. The van der Waals surface area contributed by atoms with Crippen molar-refractivity contribution in [2.75, 3.05) is 7.11 Å². The number of ether oxygens (including phenoxy) is 2. The SMILES string of the molecule is COc1nccc(Cl)c1C(C=O)NC(=O)OC(C)(C)C. The summed E-state index contributed by atoms with van der Waals surface area (Å²) in [6.07, 6.45) is 1.26. The Hall–Kier alpha value is -1.82. The van der Waals surface area contributed by atoms with Crippen LogP contribution in [0.1, 0.15) is 32.4 Å². The van der Waals surface area contributed by atoms with Gasteiger partial charge in [-0.15, -0.1) is 0 Å². The number of nitrogens with one attached hydrogen (secondary N) is 1. The van der Waals surface area contributed by atoms with Crippen LogP contribution >= 0.6 is 11.6 Å². The van der Waals surface area contributed by atoms with Gasteiger partial charge in [-0.1, -0.05) is 11.6 Å². The van der Waals surface area contributed by atoms with E-state index in [0.717, 1.165) is 0 Å². The summed E-state index contributed by atoms with van der Waals surface area (Å²) in [4.78, 5) is 26.9. The second-order valence-electron chi connectivity index (χ2n) is 4.98. The third-order valence-corrected chi connectivity index (χ3v) is 2.54. The molecule has 1 heterocycles. The van der Waals surface area contributed by atoms with E-state index in [2.05, 4.69) is 10.3 Å². The number of nitrogens with zero attached hydrogens (tertiary/aromatic N) is 1. The number of halogens is 1. The highest BCUT2D eigenvalue weighted by Gasteiger charge is 2.24. The topological polar surface area (TPSA) is 77.5 Å². The molecule has 0 aliphatic rings. The fraction of sp³-hybridized carbons (Fsp3) is 0.462. The average Bonchev–Trinajstić information content (AvgIpc) is 2.33. The number of aldehydes is 1. The van der Waals surface area contributed by atoms with Gasteiger partial charge < -0.3 is 19.6 Å². The summed E-state index contributed by atoms with van der Waals surface area (Å²) in [6.45, 7) is 5.17. The van der Waals surface area contributed by atoms with Crippen molar-refractivity contribution >= 4 is 24.0 Å². The molecule has 0 aliphatic carbocycles. The van der Waals surface area contributed by atoms with Crippen molar-refractivity contribution in [3.05, 3.63) is 22.8 Å². The Morgan fingerprint density at radius 1 is 1.50 bits per heavy atom. The first-order valence-corrected chi connectivity index (χ1v) is 6.29. The maximum absolute atomic E-state index is 11.7. The molecular formula is C13H17ClN2O4. The summed E-state index contributed by atoms with van der Waals surface area (Å²) in [5.74, 6) is 0.172. The van der Waals surface area contributed by atoms with Gasteiger partial charge in [-0.25, -0.2) is 9.78 Å². The summed E-state index contributed by atoms with van der Waals surface area (Å²) in [6, 6.07) is 0.508. The van der Waals surface area contributed by atoms with Crippen LogP contribution in [-0.2, 0) is 9.53 Å². The first kappa shape index (κ1) is 16.2. The summed E-state index contributed by atoms with van der Waals surface area (Å²) in [7, 11) is 1.40. The van der Waals surface area contributed by atoms with E-state index in [0.29, 0.717) is 6.29 Å². The van der Waals surface area contributed by atoms with Crippen LogP contribution in [0.15, 0.2) is 12.3 Å². The summed E-state index contributed by atoms with van der Waals surface area (Å²) in [5, 5.41) is 2.69. The van der Waals surface area contributed by atoms with Crippen molar-refractivity contribution < 1.29 is 19.1 Å². The number of hydrogen-bond acceptors (Lipinski definition) is 5. The summed E-state index contributed by atoms with van der Waals surface area (Å²) in [5.41, 5.74) is -0.377. The Morgan fingerprint density at radius 3 is 2.65 bits per heavy atom. The molecule has 0 radical (unpaired) electrons. The quantitative estimate of drug-likeness (QED) is 0.865. The van der Waals surface area contributed by atoms with E-state index in [1.807, 2.05) is 0 Å². The zero-order valence-electron chi connectivity index (χ0n) is 11.8. The van der Waals surface area contributed by atoms with Gasteiger partial charge in [-0.3, -0.25) is 0 Å². The number of alkyl carbamates (subject to hydrolysis) is 1. The highest BCUT2D eigenvalue weighted by molar-refractivity contribution is 6.31. The summed E-state index contributed by atoms with van der Waals surface area (Å²) >= 11 is 6.03. The van der Waals surface area contributed by atoms with Gasteiger partial charge in [0.1, 0.15) is 17.9 Å². The van der Waals surface area contributed by atoms with E-state index in [1.165, 1.54) is 19.4 Å². The molecule has 0 saturated carbocycles. The van der Waals surface area contributed by atoms with E-state index >= 15 is 0 Å². The van der Waals surface area contributed by atoms with Gasteiger partial charge in [0.25, 0.3) is 0 Å². The molecule has 1 atom stereocenters. The molecule has 1 rings (SSSR count). The zero-order valence-corrected chi connectivity index (χ0v) is 12.5. The minimum absolute atomic E-state index is 0.172. The first-order chi connectivity index (χ1) is 9.28. The van der Waals surface area contributed by atoms with Crippen LogP contribution in [0.25, 0.3) is 0 Å². The smallest absolute Gasteiger partial charge is 0.408 e. The minimum Gasteiger partial charge on any atom is -0.481 e. The molecular weight excluding hydrogens is 284 g/mol. The Balaban J connectivity index is 2.97. The number of carbonyl (C=O) groups is 2. The lowest BCUT2D eigenvalue weighted by Gasteiger charge is -2.22. The maximum Gasteiger partial charge on any atom is 0.408 e. The standard InChI is InChI=1S/C13H17ClN2O4/c1-13(2,3)20-12(18)16-9(7-17)10-8(14)5-6-15-11(10)19-4/h5-7,9H,1-4H3,(H,16,18). The fourth-order valence-corrected chi connectivity index (χ4v) is 1.74. The maximum atomic E-state index is 11.7. The van der Waals surface area contributed by atoms with Gasteiger partial charge in [0.05, 0.1) is 17.7 Å². The number of hydrogen-bond donors (Lipinski definition) is 1. The molecule has 1 aromatic rings. The number of amides is 1. The van der Waals surface area contributed by atoms with E-state index in [9.17, 15) is 9.59 Å². The van der Waals surface area contributed by atoms with Crippen molar-refractivity contribution in [2.45, 2.75) is 32.4 Å². The normalized spacial score (nSPS) is 12.4. The molecule has 1 N–H and O–H groups in total. The third kappa shape index (κ3) is 4.38. The van der Waals surface area contributed by atoms with Crippen molar-refractivity contribution in [1.29, 1.82) is 0 Å². The number of rotatable bonds is 4. The number of carbonyl (C=O) groups excluding carboxylic acids is 2.